The predicted octanol–water partition coefficient (Wildman–Crippen LogP) is 3.99. The lowest BCUT2D eigenvalue weighted by Gasteiger charge is -2.28. The first kappa shape index (κ1) is 23.2. The molecule has 0 fully saturated rings. The van der Waals surface area contributed by atoms with Gasteiger partial charge in [-0.25, -0.2) is 9.18 Å². The van der Waals surface area contributed by atoms with Gasteiger partial charge in [0.05, 0.1) is 25.3 Å². The van der Waals surface area contributed by atoms with Crippen LogP contribution in [0, 0.1) is 5.82 Å². The van der Waals surface area contributed by atoms with Crippen LogP contribution >= 0.6 is 0 Å². The third-order valence-electron chi connectivity index (χ3n) is 5.22. The first-order chi connectivity index (χ1) is 15.5. The Kier molecular flexibility index (Phi) is 8.11. The minimum atomic E-state index is -0.384. The number of methoxy groups -OCH3 is 1. The molecule has 3 aromatic rings. The summed E-state index contributed by atoms with van der Waals surface area (Å²) in [4.78, 5) is 26.2. The summed E-state index contributed by atoms with van der Waals surface area (Å²) in [5.41, 5.74) is 3.36. The SMILES string of the molecule is COC(=O)c1cccc(CCNC(=O)CN(C)C(c2ccccc2)c2ccc(F)cc2)c1. The number of hydrogen-bond donors (Lipinski definition) is 1. The highest BCUT2D eigenvalue weighted by atomic mass is 19.1. The molecule has 1 atom stereocenters. The molecule has 1 N–H and O–H groups in total. The van der Waals surface area contributed by atoms with E-state index in [1.165, 1.54) is 19.2 Å². The number of carbonyl (C=O) groups excluding carboxylic acids is 2. The van der Waals surface area contributed by atoms with E-state index in [0.29, 0.717) is 18.5 Å². The fourth-order valence-electron chi connectivity index (χ4n) is 3.67. The fourth-order valence-corrected chi connectivity index (χ4v) is 3.67. The summed E-state index contributed by atoms with van der Waals surface area (Å²) in [6, 6.07) is 23.2. The van der Waals surface area contributed by atoms with Crippen molar-refractivity contribution in [2.45, 2.75) is 12.5 Å². The van der Waals surface area contributed by atoms with Gasteiger partial charge in [0.15, 0.2) is 0 Å². The van der Waals surface area contributed by atoms with Gasteiger partial charge in [-0.05, 0) is 54.4 Å². The smallest absolute Gasteiger partial charge is 0.337 e. The zero-order valence-corrected chi connectivity index (χ0v) is 18.3. The Morgan fingerprint density at radius 1 is 0.969 bits per heavy atom. The van der Waals surface area contributed by atoms with Gasteiger partial charge in [0.1, 0.15) is 5.82 Å². The first-order valence-electron chi connectivity index (χ1n) is 10.4. The van der Waals surface area contributed by atoms with Gasteiger partial charge < -0.3 is 10.1 Å². The number of ether oxygens (including phenoxy) is 1. The molecule has 166 valence electrons. The summed E-state index contributed by atoms with van der Waals surface area (Å²) >= 11 is 0. The highest BCUT2D eigenvalue weighted by Crippen LogP contribution is 2.27. The van der Waals surface area contributed by atoms with Crippen molar-refractivity contribution in [2.24, 2.45) is 0 Å². The maximum Gasteiger partial charge on any atom is 0.337 e. The van der Waals surface area contributed by atoms with Crippen LogP contribution in [0.1, 0.15) is 33.1 Å². The first-order valence-corrected chi connectivity index (χ1v) is 10.4. The van der Waals surface area contributed by atoms with Gasteiger partial charge in [0.25, 0.3) is 0 Å². The summed E-state index contributed by atoms with van der Waals surface area (Å²) in [6.45, 7) is 0.628. The summed E-state index contributed by atoms with van der Waals surface area (Å²) in [5, 5.41) is 2.93. The van der Waals surface area contributed by atoms with Crippen molar-refractivity contribution in [1.82, 2.24) is 10.2 Å². The molecule has 0 saturated carbocycles. The standard InChI is InChI=1S/C26H27FN2O3/c1-29(25(20-8-4-3-5-9-20)21-11-13-23(27)14-12-21)18-24(30)28-16-15-19-7-6-10-22(17-19)26(31)32-2/h3-14,17,25H,15-16,18H2,1-2H3,(H,28,30). The zero-order chi connectivity index (χ0) is 22.9. The van der Waals surface area contributed by atoms with E-state index in [1.54, 1.807) is 30.3 Å². The molecular formula is C26H27FN2O3. The van der Waals surface area contributed by atoms with Crippen molar-refractivity contribution in [3.05, 3.63) is 107 Å². The van der Waals surface area contributed by atoms with Crippen LogP contribution in [0.3, 0.4) is 0 Å². The maximum atomic E-state index is 13.4. The number of nitrogens with zero attached hydrogens (tertiary/aromatic N) is 1. The normalized spacial score (nSPS) is 11.8. The van der Waals surface area contributed by atoms with Gasteiger partial charge in [0, 0.05) is 6.54 Å². The van der Waals surface area contributed by atoms with Crippen LogP contribution in [0.5, 0.6) is 0 Å². The van der Waals surface area contributed by atoms with Crippen LogP contribution in [-0.4, -0.2) is 44.0 Å². The molecule has 0 spiro atoms. The second-order valence-electron chi connectivity index (χ2n) is 7.57. The molecular weight excluding hydrogens is 407 g/mol. The Hall–Kier alpha value is -3.51. The second kappa shape index (κ2) is 11.2. The predicted molar refractivity (Wildman–Crippen MR) is 122 cm³/mol. The van der Waals surface area contributed by atoms with Crippen LogP contribution < -0.4 is 5.32 Å². The van der Waals surface area contributed by atoms with Gasteiger partial charge in [-0.3, -0.25) is 9.69 Å². The van der Waals surface area contributed by atoms with Gasteiger partial charge >= 0.3 is 5.97 Å². The van der Waals surface area contributed by atoms with E-state index in [-0.39, 0.29) is 30.3 Å². The summed E-state index contributed by atoms with van der Waals surface area (Å²) in [7, 11) is 3.22. The van der Waals surface area contributed by atoms with Crippen molar-refractivity contribution >= 4 is 11.9 Å². The second-order valence-corrected chi connectivity index (χ2v) is 7.57. The molecule has 0 heterocycles. The molecule has 3 rings (SSSR count). The molecule has 6 heteroatoms. The van der Waals surface area contributed by atoms with E-state index in [1.807, 2.05) is 48.3 Å². The number of rotatable bonds is 9. The van der Waals surface area contributed by atoms with Crippen LogP contribution in [0.4, 0.5) is 4.39 Å². The van der Waals surface area contributed by atoms with E-state index in [4.69, 9.17) is 4.74 Å². The molecule has 0 aliphatic carbocycles. The topological polar surface area (TPSA) is 58.6 Å². The number of amides is 1. The van der Waals surface area contributed by atoms with Crippen LogP contribution in [-0.2, 0) is 16.0 Å². The van der Waals surface area contributed by atoms with E-state index in [0.717, 1.165) is 16.7 Å². The van der Waals surface area contributed by atoms with E-state index in [9.17, 15) is 14.0 Å². The third-order valence-corrected chi connectivity index (χ3v) is 5.22. The Bertz CT molecular complexity index is 1040. The molecule has 0 bridgehead atoms. The minimum Gasteiger partial charge on any atom is -0.465 e. The molecule has 5 nitrogen and oxygen atoms in total. The number of carbonyl (C=O) groups is 2. The van der Waals surface area contributed by atoms with E-state index < -0.39 is 0 Å². The minimum absolute atomic E-state index is 0.111. The number of benzene rings is 3. The highest BCUT2D eigenvalue weighted by molar-refractivity contribution is 5.89. The quantitative estimate of drug-likeness (QED) is 0.518. The lowest BCUT2D eigenvalue weighted by Crippen LogP contribution is -2.38. The third kappa shape index (κ3) is 6.25. The lowest BCUT2D eigenvalue weighted by molar-refractivity contribution is -0.122. The molecule has 1 unspecified atom stereocenters. The molecule has 0 saturated heterocycles. The van der Waals surface area contributed by atoms with Crippen molar-refractivity contribution in [3.63, 3.8) is 0 Å². The average Bonchev–Trinajstić information content (AvgIpc) is 2.81. The Balaban J connectivity index is 1.61. The van der Waals surface area contributed by atoms with Crippen molar-refractivity contribution < 1.29 is 18.7 Å². The number of likely N-dealkylation sites (N-methyl/N-ethyl adjacent to an activating group) is 1. The molecule has 32 heavy (non-hydrogen) atoms. The van der Waals surface area contributed by atoms with Crippen LogP contribution in [0.25, 0.3) is 0 Å². The van der Waals surface area contributed by atoms with Gasteiger partial charge in [-0.2, -0.15) is 0 Å². The highest BCUT2D eigenvalue weighted by Gasteiger charge is 2.21. The number of hydrogen-bond acceptors (Lipinski definition) is 4. The van der Waals surface area contributed by atoms with E-state index in [2.05, 4.69) is 5.32 Å². The molecule has 0 radical (unpaired) electrons. The largest absolute Gasteiger partial charge is 0.465 e. The Morgan fingerprint density at radius 3 is 2.34 bits per heavy atom. The van der Waals surface area contributed by atoms with Crippen LogP contribution in [0.15, 0.2) is 78.9 Å². The lowest BCUT2D eigenvalue weighted by atomic mass is 9.97. The number of esters is 1. The van der Waals surface area contributed by atoms with Gasteiger partial charge in [-0.1, -0.05) is 54.6 Å². The maximum absolute atomic E-state index is 13.4. The van der Waals surface area contributed by atoms with Crippen molar-refractivity contribution in [1.29, 1.82) is 0 Å². The molecule has 0 aliphatic rings. The zero-order valence-electron chi connectivity index (χ0n) is 18.3. The molecule has 0 aliphatic heterocycles. The van der Waals surface area contributed by atoms with Crippen LogP contribution in [0.2, 0.25) is 0 Å². The molecule has 3 aromatic carbocycles. The summed E-state index contributed by atoms with van der Waals surface area (Å²) < 4.78 is 18.2. The monoisotopic (exact) mass is 434 g/mol. The molecule has 1 amide bonds. The van der Waals surface area contributed by atoms with Crippen molar-refractivity contribution in [3.8, 4) is 0 Å². The fraction of sp³-hybridized carbons (Fsp3) is 0.231. The number of nitrogens with one attached hydrogen (secondary N) is 1. The van der Waals surface area contributed by atoms with E-state index >= 15 is 0 Å². The Labute approximate surface area is 187 Å². The molecule has 0 aromatic heterocycles. The van der Waals surface area contributed by atoms with Gasteiger partial charge in [0.2, 0.25) is 5.91 Å². The number of halogens is 1. The summed E-state index contributed by atoms with van der Waals surface area (Å²) in [5.74, 6) is -0.790. The summed E-state index contributed by atoms with van der Waals surface area (Å²) in [6.07, 6.45) is 0.598. The van der Waals surface area contributed by atoms with Gasteiger partial charge in [-0.15, -0.1) is 0 Å². The average molecular weight is 435 g/mol. The Morgan fingerprint density at radius 2 is 1.66 bits per heavy atom. The van der Waals surface area contributed by atoms with Crippen molar-refractivity contribution in [2.75, 3.05) is 27.2 Å².